The molecular weight excluding hydrogens is 498 g/mol. The van der Waals surface area contributed by atoms with E-state index in [0.29, 0.717) is 27.8 Å². The zero-order chi connectivity index (χ0) is 24.8. The van der Waals surface area contributed by atoms with Crippen molar-refractivity contribution in [1.82, 2.24) is 15.3 Å². The summed E-state index contributed by atoms with van der Waals surface area (Å²) in [6.45, 7) is 11.4. The van der Waals surface area contributed by atoms with Crippen molar-refractivity contribution in [3.05, 3.63) is 62.5 Å². The molecule has 0 fully saturated rings. The van der Waals surface area contributed by atoms with E-state index in [0.717, 1.165) is 21.3 Å². The standard InChI is InChI=1S/C26H28BrN3O4/c1-13(2)22(30-25(32)34-26(4,5)6)19-12-28-24(29-19)15-7-8-20-17(10-15)23(31)16-9-14(3)18(27)11-21(16)33-20/h7-13,22H,1-6H3,(H,28,29)(H,30,32)/t22-/m0/s1. The first-order valence-corrected chi connectivity index (χ1v) is 11.9. The number of nitrogens with one attached hydrogen (secondary N) is 2. The summed E-state index contributed by atoms with van der Waals surface area (Å²) >= 11 is 3.49. The molecule has 2 N–H and O–H groups in total. The van der Waals surface area contributed by atoms with Crippen molar-refractivity contribution in [2.75, 3.05) is 0 Å². The van der Waals surface area contributed by atoms with E-state index < -0.39 is 11.7 Å². The van der Waals surface area contributed by atoms with Crippen LogP contribution in [0.25, 0.3) is 33.3 Å². The smallest absolute Gasteiger partial charge is 0.408 e. The van der Waals surface area contributed by atoms with Gasteiger partial charge in [-0.1, -0.05) is 29.8 Å². The van der Waals surface area contributed by atoms with E-state index in [1.165, 1.54) is 0 Å². The number of aryl methyl sites for hydroxylation is 1. The highest BCUT2D eigenvalue weighted by atomic mass is 79.9. The van der Waals surface area contributed by atoms with Crippen molar-refractivity contribution in [1.29, 1.82) is 0 Å². The third-order valence-electron chi connectivity index (χ3n) is 5.49. The average molecular weight is 526 g/mol. The fraction of sp³-hybridized carbons (Fsp3) is 0.346. The zero-order valence-electron chi connectivity index (χ0n) is 20.1. The Hall–Kier alpha value is -3.13. The predicted octanol–water partition coefficient (Wildman–Crippen LogP) is 6.63. The second kappa shape index (κ2) is 8.91. The number of nitrogens with zero attached hydrogens (tertiary/aromatic N) is 1. The van der Waals surface area contributed by atoms with E-state index in [-0.39, 0.29) is 17.4 Å². The predicted molar refractivity (Wildman–Crippen MR) is 137 cm³/mol. The van der Waals surface area contributed by atoms with Crippen LogP contribution < -0.4 is 10.7 Å². The SMILES string of the molecule is Cc1cc2c(=O)c3cc(-c4ncc([C@@H](NC(=O)OC(C)(C)C)C(C)C)[nH]4)ccc3oc2cc1Br. The van der Waals surface area contributed by atoms with Crippen LogP contribution in [0.1, 0.15) is 51.9 Å². The van der Waals surface area contributed by atoms with E-state index in [9.17, 15) is 9.59 Å². The molecule has 0 saturated heterocycles. The average Bonchev–Trinajstić information content (AvgIpc) is 3.22. The second-order valence-corrected chi connectivity index (χ2v) is 10.6. The van der Waals surface area contributed by atoms with Crippen LogP contribution in [0.4, 0.5) is 4.79 Å². The van der Waals surface area contributed by atoms with Crippen LogP contribution in [0.3, 0.4) is 0 Å². The normalized spacial score (nSPS) is 12.9. The van der Waals surface area contributed by atoms with Gasteiger partial charge in [0.1, 0.15) is 22.6 Å². The maximum Gasteiger partial charge on any atom is 0.408 e. The van der Waals surface area contributed by atoms with Gasteiger partial charge in [-0.05, 0) is 69.5 Å². The molecule has 0 aliphatic heterocycles. The number of aromatic nitrogens is 2. The number of benzene rings is 2. The lowest BCUT2D eigenvalue weighted by molar-refractivity contribution is 0.0488. The minimum atomic E-state index is -0.588. The van der Waals surface area contributed by atoms with E-state index >= 15 is 0 Å². The molecule has 178 valence electrons. The third kappa shape index (κ3) is 4.87. The Labute approximate surface area is 206 Å². The van der Waals surface area contributed by atoms with Crippen LogP contribution in [0.2, 0.25) is 0 Å². The van der Waals surface area contributed by atoms with E-state index in [1.54, 1.807) is 18.3 Å². The van der Waals surface area contributed by atoms with Crippen molar-refractivity contribution < 1.29 is 13.9 Å². The molecule has 1 atom stereocenters. The lowest BCUT2D eigenvalue weighted by Gasteiger charge is -2.25. The Bertz CT molecular complexity index is 1450. The van der Waals surface area contributed by atoms with Gasteiger partial charge in [-0.3, -0.25) is 4.79 Å². The Morgan fingerprint density at radius 3 is 2.53 bits per heavy atom. The van der Waals surface area contributed by atoms with Gasteiger partial charge < -0.3 is 19.5 Å². The Kier molecular flexibility index (Phi) is 6.29. The van der Waals surface area contributed by atoms with Crippen LogP contribution >= 0.6 is 15.9 Å². The summed E-state index contributed by atoms with van der Waals surface area (Å²) in [5, 5.41) is 3.94. The molecular formula is C26H28BrN3O4. The van der Waals surface area contributed by atoms with Gasteiger partial charge in [0.05, 0.1) is 28.7 Å². The largest absolute Gasteiger partial charge is 0.456 e. The quantitative estimate of drug-likeness (QED) is 0.291. The highest BCUT2D eigenvalue weighted by molar-refractivity contribution is 9.10. The van der Waals surface area contributed by atoms with E-state index in [2.05, 4.69) is 31.2 Å². The van der Waals surface area contributed by atoms with Crippen molar-refractivity contribution >= 4 is 44.0 Å². The lowest BCUT2D eigenvalue weighted by Crippen LogP contribution is -2.37. The van der Waals surface area contributed by atoms with Gasteiger partial charge in [0.15, 0.2) is 0 Å². The number of imidazole rings is 1. The molecule has 0 aliphatic carbocycles. The van der Waals surface area contributed by atoms with Gasteiger partial charge in [0, 0.05) is 10.0 Å². The van der Waals surface area contributed by atoms with E-state index in [4.69, 9.17) is 9.15 Å². The molecule has 0 spiro atoms. The Morgan fingerprint density at radius 2 is 1.85 bits per heavy atom. The number of ether oxygens (including phenoxy) is 1. The number of H-pyrrole nitrogens is 1. The van der Waals surface area contributed by atoms with Crippen molar-refractivity contribution in [3.8, 4) is 11.4 Å². The number of hydrogen-bond acceptors (Lipinski definition) is 5. The van der Waals surface area contributed by atoms with E-state index in [1.807, 2.05) is 59.7 Å². The summed E-state index contributed by atoms with van der Waals surface area (Å²) in [7, 11) is 0. The topological polar surface area (TPSA) is 97.2 Å². The van der Waals surface area contributed by atoms with Crippen LogP contribution in [-0.4, -0.2) is 21.7 Å². The van der Waals surface area contributed by atoms with Crippen LogP contribution in [0.5, 0.6) is 0 Å². The highest BCUT2D eigenvalue weighted by Gasteiger charge is 2.24. The minimum Gasteiger partial charge on any atom is -0.456 e. The third-order valence-corrected chi connectivity index (χ3v) is 6.35. The molecule has 4 aromatic rings. The van der Waals surface area contributed by atoms with Gasteiger partial charge in [0.2, 0.25) is 5.43 Å². The monoisotopic (exact) mass is 525 g/mol. The highest BCUT2D eigenvalue weighted by Crippen LogP contribution is 2.28. The number of carbonyl (C=O) groups excluding carboxylic acids is 1. The second-order valence-electron chi connectivity index (χ2n) is 9.79. The molecule has 4 rings (SSSR count). The fourth-order valence-corrected chi connectivity index (χ4v) is 4.13. The fourth-order valence-electron chi connectivity index (χ4n) is 3.81. The molecule has 7 nitrogen and oxygen atoms in total. The maximum atomic E-state index is 13.2. The number of rotatable bonds is 4. The molecule has 0 radical (unpaired) electrons. The molecule has 2 aromatic carbocycles. The maximum absolute atomic E-state index is 13.2. The molecule has 2 heterocycles. The number of amides is 1. The minimum absolute atomic E-state index is 0.0906. The van der Waals surface area contributed by atoms with Gasteiger partial charge in [-0.2, -0.15) is 0 Å². The summed E-state index contributed by atoms with van der Waals surface area (Å²) in [5.41, 5.74) is 2.83. The van der Waals surface area contributed by atoms with Crippen molar-refractivity contribution in [2.45, 2.75) is 53.2 Å². The van der Waals surface area contributed by atoms with Crippen LogP contribution in [0.15, 0.2) is 50.2 Å². The molecule has 1 amide bonds. The van der Waals surface area contributed by atoms with Gasteiger partial charge in [-0.15, -0.1) is 0 Å². The first-order valence-electron chi connectivity index (χ1n) is 11.1. The molecule has 0 saturated carbocycles. The van der Waals surface area contributed by atoms with Crippen molar-refractivity contribution in [3.63, 3.8) is 0 Å². The first-order chi connectivity index (χ1) is 15.9. The van der Waals surface area contributed by atoms with Crippen LogP contribution in [0, 0.1) is 12.8 Å². The van der Waals surface area contributed by atoms with Gasteiger partial charge in [-0.25, -0.2) is 9.78 Å². The first kappa shape index (κ1) is 24.0. The number of hydrogen-bond donors (Lipinski definition) is 2. The lowest BCUT2D eigenvalue weighted by atomic mass is 10.0. The molecule has 2 aromatic heterocycles. The number of carbonyl (C=O) groups is 1. The summed E-state index contributed by atoms with van der Waals surface area (Å²) in [6.07, 6.45) is 1.21. The molecule has 8 heteroatoms. The van der Waals surface area contributed by atoms with Gasteiger partial charge in [0.25, 0.3) is 0 Å². The summed E-state index contributed by atoms with van der Waals surface area (Å²) in [6, 6.07) is 8.76. The number of fused-ring (bicyclic) bond motifs is 2. The van der Waals surface area contributed by atoms with Gasteiger partial charge >= 0.3 is 6.09 Å². The Balaban J connectivity index is 1.70. The van der Waals surface area contributed by atoms with Crippen LogP contribution in [-0.2, 0) is 4.74 Å². The molecule has 0 aliphatic rings. The summed E-state index contributed by atoms with van der Waals surface area (Å²) in [4.78, 5) is 33.4. The Morgan fingerprint density at radius 1 is 1.15 bits per heavy atom. The summed E-state index contributed by atoms with van der Waals surface area (Å²) < 4.78 is 12.3. The summed E-state index contributed by atoms with van der Waals surface area (Å²) in [5.74, 6) is 0.693. The number of alkyl carbamates (subject to hydrolysis) is 1. The van der Waals surface area contributed by atoms with Crippen molar-refractivity contribution in [2.24, 2.45) is 5.92 Å². The molecule has 0 unspecified atom stereocenters. The molecule has 34 heavy (non-hydrogen) atoms. The zero-order valence-corrected chi connectivity index (χ0v) is 21.7. The molecule has 0 bridgehead atoms. The number of halogens is 1. The number of aromatic amines is 1.